The third-order valence-corrected chi connectivity index (χ3v) is 13.1. The smallest absolute Gasteiger partial charge is 0.308 e. The zero-order valence-corrected chi connectivity index (χ0v) is 32.2. The Bertz CT molecular complexity index is 1680. The van der Waals surface area contributed by atoms with E-state index in [9.17, 15) is 9.59 Å². The van der Waals surface area contributed by atoms with Crippen LogP contribution in [0.4, 0.5) is 0 Å². The molecule has 0 aromatic heterocycles. The molecule has 0 spiro atoms. The topological polar surface area (TPSA) is 61.8 Å². The van der Waals surface area contributed by atoms with Crippen LogP contribution >= 0.6 is 0 Å². The van der Waals surface area contributed by atoms with Gasteiger partial charge in [-0.05, 0) is 112 Å². The SMILES string of the molecule is CC(=O)Oc1cc2c(cc1C(C)C)[C@H](OC(C)=O)[C@H](Oc1cc3c(cc1C(C)C)C=C[C@H]1C(C)(C)CCC[C@]31C)[C@H]1C(C)(C)CCC[C@]21C. The number of benzene rings is 2. The van der Waals surface area contributed by atoms with Crippen LogP contribution in [-0.4, -0.2) is 18.0 Å². The van der Waals surface area contributed by atoms with Gasteiger partial charge in [-0.1, -0.05) is 94.2 Å². The maximum Gasteiger partial charge on any atom is 0.308 e. The molecular formula is C44H60O5. The predicted molar refractivity (Wildman–Crippen MR) is 197 cm³/mol. The maximum absolute atomic E-state index is 13.0. The van der Waals surface area contributed by atoms with E-state index < -0.39 is 12.2 Å². The zero-order valence-electron chi connectivity index (χ0n) is 32.2. The Morgan fingerprint density at radius 1 is 0.714 bits per heavy atom. The zero-order chi connectivity index (χ0) is 35.8. The Kier molecular flexibility index (Phi) is 8.97. The number of carbonyl (C=O) groups is 2. The van der Waals surface area contributed by atoms with E-state index in [0.29, 0.717) is 11.7 Å². The van der Waals surface area contributed by atoms with Crippen molar-refractivity contribution >= 4 is 18.0 Å². The molecule has 5 nitrogen and oxygen atoms in total. The lowest BCUT2D eigenvalue weighted by Crippen LogP contribution is -2.58. The van der Waals surface area contributed by atoms with E-state index in [1.807, 2.05) is 0 Å². The van der Waals surface area contributed by atoms with E-state index in [2.05, 4.69) is 106 Å². The number of carbonyl (C=O) groups excluding carboxylic acids is 2. The van der Waals surface area contributed by atoms with Crippen molar-refractivity contribution in [2.24, 2.45) is 22.7 Å². The Balaban J connectivity index is 1.58. The second-order valence-corrected chi connectivity index (χ2v) is 18.3. The molecule has 2 fully saturated rings. The molecule has 2 saturated carbocycles. The molecule has 0 unspecified atom stereocenters. The first kappa shape index (κ1) is 35.7. The largest absolute Gasteiger partial charge is 0.486 e. The van der Waals surface area contributed by atoms with Crippen molar-refractivity contribution in [2.75, 3.05) is 0 Å². The van der Waals surface area contributed by atoms with Crippen molar-refractivity contribution in [3.05, 3.63) is 63.7 Å². The van der Waals surface area contributed by atoms with Crippen LogP contribution in [-0.2, 0) is 25.2 Å². The van der Waals surface area contributed by atoms with Crippen molar-refractivity contribution in [1.82, 2.24) is 0 Å². The summed E-state index contributed by atoms with van der Waals surface area (Å²) in [5, 5.41) is 0. The summed E-state index contributed by atoms with van der Waals surface area (Å²) in [4.78, 5) is 25.3. The number of esters is 2. The van der Waals surface area contributed by atoms with Gasteiger partial charge in [-0.3, -0.25) is 9.59 Å². The van der Waals surface area contributed by atoms with E-state index in [1.165, 1.54) is 43.4 Å². The number of fused-ring (bicyclic) bond motifs is 6. The van der Waals surface area contributed by atoms with Crippen molar-refractivity contribution in [3.63, 3.8) is 0 Å². The highest BCUT2D eigenvalue weighted by atomic mass is 16.6. The summed E-state index contributed by atoms with van der Waals surface area (Å²) >= 11 is 0. The third-order valence-electron chi connectivity index (χ3n) is 13.1. The fourth-order valence-electron chi connectivity index (χ4n) is 11.0. The summed E-state index contributed by atoms with van der Waals surface area (Å²) in [6.07, 6.45) is 10.5. The normalized spacial score (nSPS) is 30.9. The van der Waals surface area contributed by atoms with Crippen LogP contribution in [0.25, 0.3) is 6.08 Å². The number of hydrogen-bond acceptors (Lipinski definition) is 5. The number of allylic oxidation sites excluding steroid dienone is 1. The van der Waals surface area contributed by atoms with Crippen molar-refractivity contribution in [3.8, 4) is 11.5 Å². The number of hydrogen-bond donors (Lipinski definition) is 0. The van der Waals surface area contributed by atoms with Gasteiger partial charge in [0.2, 0.25) is 0 Å². The van der Waals surface area contributed by atoms with Gasteiger partial charge in [-0.15, -0.1) is 0 Å². The Hall–Kier alpha value is -3.08. The van der Waals surface area contributed by atoms with Gasteiger partial charge in [0.05, 0.1) is 0 Å². The van der Waals surface area contributed by atoms with E-state index in [0.717, 1.165) is 48.1 Å². The Morgan fingerprint density at radius 2 is 1.31 bits per heavy atom. The van der Waals surface area contributed by atoms with Crippen LogP contribution in [0.3, 0.4) is 0 Å². The molecule has 0 bridgehead atoms. The molecule has 0 amide bonds. The minimum Gasteiger partial charge on any atom is -0.486 e. The summed E-state index contributed by atoms with van der Waals surface area (Å²) in [5.41, 5.74) is 6.74. The van der Waals surface area contributed by atoms with Crippen molar-refractivity contribution in [2.45, 2.75) is 156 Å². The molecule has 6 atom stereocenters. The minimum absolute atomic E-state index is 0.0196. The summed E-state index contributed by atoms with van der Waals surface area (Å²) < 4.78 is 19.8. The maximum atomic E-state index is 13.0. The standard InChI is InChI=1S/C44H60O5/c1-25(2)30-21-29-15-16-37-41(7,8)17-13-19-43(37,11)33(29)23-36(30)49-39-38(48-28(6)46)32-22-31(26(3)4)35(47-27(5)45)24-34(32)44(12)20-14-18-42(9,10)40(39)44/h15-16,21-26,37-40H,13-14,17-20H2,1-12H3/t37-,38-,39-,40-,43+,44+/m0/s1. The first-order valence-corrected chi connectivity index (χ1v) is 18.9. The molecule has 2 aromatic carbocycles. The summed E-state index contributed by atoms with van der Waals surface area (Å²) in [6.45, 7) is 26.1. The third kappa shape index (κ3) is 5.95. The van der Waals surface area contributed by atoms with Gasteiger partial charge in [0, 0.05) is 30.7 Å². The van der Waals surface area contributed by atoms with Crippen LogP contribution in [0.15, 0.2) is 30.3 Å². The van der Waals surface area contributed by atoms with Gasteiger partial charge < -0.3 is 14.2 Å². The molecule has 5 heteroatoms. The van der Waals surface area contributed by atoms with Gasteiger partial charge in [0.25, 0.3) is 0 Å². The number of ether oxygens (including phenoxy) is 3. The number of rotatable bonds is 6. The van der Waals surface area contributed by atoms with Crippen LogP contribution in [0.1, 0.15) is 173 Å². The lowest BCUT2D eigenvalue weighted by molar-refractivity contribution is -0.164. The fraction of sp³-hybridized carbons (Fsp3) is 0.636. The first-order valence-electron chi connectivity index (χ1n) is 18.9. The van der Waals surface area contributed by atoms with Gasteiger partial charge in [0.1, 0.15) is 17.6 Å². The van der Waals surface area contributed by atoms with Crippen LogP contribution in [0.2, 0.25) is 0 Å². The van der Waals surface area contributed by atoms with Crippen LogP contribution in [0.5, 0.6) is 11.5 Å². The predicted octanol–water partition coefficient (Wildman–Crippen LogP) is 11.1. The highest BCUT2D eigenvalue weighted by molar-refractivity contribution is 5.71. The summed E-state index contributed by atoms with van der Waals surface area (Å²) in [7, 11) is 0. The molecule has 0 saturated heterocycles. The second kappa shape index (κ2) is 12.3. The van der Waals surface area contributed by atoms with E-state index >= 15 is 0 Å². The van der Waals surface area contributed by atoms with Gasteiger partial charge in [-0.2, -0.15) is 0 Å². The first-order chi connectivity index (χ1) is 22.8. The molecular weight excluding hydrogens is 608 g/mol. The highest BCUT2D eigenvalue weighted by Gasteiger charge is 2.59. The molecule has 4 aliphatic carbocycles. The lowest BCUT2D eigenvalue weighted by atomic mass is 9.48. The van der Waals surface area contributed by atoms with Gasteiger partial charge in [0.15, 0.2) is 6.10 Å². The summed E-state index contributed by atoms with van der Waals surface area (Å²) in [6, 6.07) is 8.98. The fourth-order valence-corrected chi connectivity index (χ4v) is 11.0. The molecule has 0 radical (unpaired) electrons. The minimum atomic E-state index is -0.611. The van der Waals surface area contributed by atoms with E-state index in [1.54, 1.807) is 0 Å². The van der Waals surface area contributed by atoms with E-state index in [4.69, 9.17) is 14.2 Å². The molecule has 4 aliphatic rings. The quantitative estimate of drug-likeness (QED) is 0.226. The van der Waals surface area contributed by atoms with Crippen molar-refractivity contribution < 1.29 is 23.8 Å². The molecule has 2 aromatic rings. The molecule has 266 valence electrons. The molecule has 6 rings (SSSR count). The molecule has 0 aliphatic heterocycles. The molecule has 0 N–H and O–H groups in total. The molecule has 49 heavy (non-hydrogen) atoms. The van der Waals surface area contributed by atoms with Gasteiger partial charge >= 0.3 is 11.9 Å². The van der Waals surface area contributed by atoms with E-state index in [-0.39, 0.29) is 51.4 Å². The second-order valence-electron chi connectivity index (χ2n) is 18.3. The van der Waals surface area contributed by atoms with Crippen molar-refractivity contribution in [1.29, 1.82) is 0 Å². The lowest BCUT2D eigenvalue weighted by Gasteiger charge is -2.58. The highest BCUT2D eigenvalue weighted by Crippen LogP contribution is 2.62. The average Bonchev–Trinajstić information content (AvgIpc) is 2.97. The van der Waals surface area contributed by atoms with Crippen LogP contribution in [0, 0.1) is 22.7 Å². The Morgan fingerprint density at radius 3 is 1.92 bits per heavy atom. The summed E-state index contributed by atoms with van der Waals surface area (Å²) in [5.74, 6) is 1.70. The van der Waals surface area contributed by atoms with Crippen LogP contribution < -0.4 is 9.47 Å². The average molecular weight is 669 g/mol. The van der Waals surface area contributed by atoms with Gasteiger partial charge in [-0.25, -0.2) is 0 Å². The Labute approximate surface area is 295 Å². The molecule has 0 heterocycles. The monoisotopic (exact) mass is 668 g/mol.